The Morgan fingerprint density at radius 1 is 1.15 bits per heavy atom. The molecule has 0 amide bonds. The van der Waals surface area contributed by atoms with E-state index in [1.54, 1.807) is 12.4 Å². The van der Waals surface area contributed by atoms with Crippen molar-refractivity contribution in [2.75, 3.05) is 18.0 Å². The summed E-state index contributed by atoms with van der Waals surface area (Å²) in [6.45, 7) is 2.10. The summed E-state index contributed by atoms with van der Waals surface area (Å²) in [6, 6.07) is 10.2. The van der Waals surface area contributed by atoms with Crippen molar-refractivity contribution >= 4 is 17.3 Å². The van der Waals surface area contributed by atoms with Crippen LogP contribution < -0.4 is 10.5 Å². The fraction of sp³-hybridized carbons (Fsp3) is 0.316. The molecule has 134 valence electrons. The van der Waals surface area contributed by atoms with Gasteiger partial charge in [0.05, 0.1) is 24.8 Å². The third-order valence-electron chi connectivity index (χ3n) is 4.89. The van der Waals surface area contributed by atoms with E-state index in [4.69, 9.17) is 11.6 Å². The number of imidazole rings is 1. The molecule has 7 heteroatoms. The zero-order valence-corrected chi connectivity index (χ0v) is 15.1. The number of piperidine rings is 1. The summed E-state index contributed by atoms with van der Waals surface area (Å²) in [7, 11) is 0. The summed E-state index contributed by atoms with van der Waals surface area (Å²) < 4.78 is 3.56. The zero-order valence-electron chi connectivity index (χ0n) is 14.3. The number of nitrogens with zero attached hydrogens (tertiary/aromatic N) is 5. The Morgan fingerprint density at radius 3 is 2.62 bits per heavy atom. The quantitative estimate of drug-likeness (QED) is 0.709. The second-order valence-electron chi connectivity index (χ2n) is 6.52. The maximum atomic E-state index is 12.6. The molecule has 0 saturated carbocycles. The molecule has 1 aliphatic rings. The van der Waals surface area contributed by atoms with E-state index in [0.717, 1.165) is 37.2 Å². The number of halogens is 1. The first kappa shape index (κ1) is 16.8. The second-order valence-corrected chi connectivity index (χ2v) is 6.90. The molecule has 6 nitrogen and oxygen atoms in total. The smallest absolute Gasteiger partial charge is 0.287 e. The summed E-state index contributed by atoms with van der Waals surface area (Å²) in [4.78, 5) is 18.9. The molecule has 1 aliphatic heterocycles. The van der Waals surface area contributed by atoms with Gasteiger partial charge in [-0.25, -0.2) is 9.67 Å². The van der Waals surface area contributed by atoms with Crippen molar-refractivity contribution < 1.29 is 0 Å². The van der Waals surface area contributed by atoms with Gasteiger partial charge < -0.3 is 9.47 Å². The summed E-state index contributed by atoms with van der Waals surface area (Å²) in [5, 5.41) is 4.59. The summed E-state index contributed by atoms with van der Waals surface area (Å²) in [6.07, 6.45) is 9.35. The van der Waals surface area contributed by atoms with Crippen LogP contribution in [0.1, 0.15) is 24.4 Å². The maximum Gasteiger partial charge on any atom is 0.287 e. The summed E-state index contributed by atoms with van der Waals surface area (Å²) in [5.41, 5.74) is 1.50. The average Bonchev–Trinajstić information content (AvgIpc) is 3.22. The molecule has 1 saturated heterocycles. The van der Waals surface area contributed by atoms with Gasteiger partial charge in [0.25, 0.3) is 5.56 Å². The number of hydrogen-bond acceptors (Lipinski definition) is 4. The Hall–Kier alpha value is -2.60. The minimum atomic E-state index is -0.246. The van der Waals surface area contributed by atoms with E-state index in [1.165, 1.54) is 4.68 Å². The van der Waals surface area contributed by atoms with Crippen molar-refractivity contribution in [1.82, 2.24) is 19.3 Å². The van der Waals surface area contributed by atoms with Crippen LogP contribution in [0, 0.1) is 0 Å². The normalized spacial score (nSPS) is 15.3. The van der Waals surface area contributed by atoms with Crippen LogP contribution in [0.3, 0.4) is 0 Å². The van der Waals surface area contributed by atoms with Crippen LogP contribution in [0.2, 0.25) is 5.02 Å². The van der Waals surface area contributed by atoms with E-state index in [1.807, 2.05) is 42.9 Å². The molecule has 4 rings (SSSR count). The minimum absolute atomic E-state index is 0.246. The lowest BCUT2D eigenvalue weighted by Crippen LogP contribution is -2.36. The molecular weight excluding hydrogens is 350 g/mol. The lowest BCUT2D eigenvalue weighted by atomic mass is 10.0. The number of hydrogen-bond donors (Lipinski definition) is 0. The fourth-order valence-corrected chi connectivity index (χ4v) is 3.70. The van der Waals surface area contributed by atoms with E-state index >= 15 is 0 Å². The molecule has 1 fully saturated rings. The van der Waals surface area contributed by atoms with Gasteiger partial charge >= 0.3 is 0 Å². The standard InChI is InChI=1S/C19H20ClN5O/c20-18-17(23-9-6-16(7-10-23)24-11-8-21-14-24)12-22-25(19(18)26)13-15-4-2-1-3-5-15/h1-5,8,11-12,14,16H,6-7,9-10,13H2. The number of anilines is 1. The first-order chi connectivity index (χ1) is 12.7. The molecule has 2 aromatic heterocycles. The number of aromatic nitrogens is 4. The van der Waals surface area contributed by atoms with Crippen molar-refractivity contribution in [1.29, 1.82) is 0 Å². The van der Waals surface area contributed by atoms with Gasteiger partial charge in [0.15, 0.2) is 0 Å². The SMILES string of the molecule is O=c1c(Cl)c(N2CCC(n3ccnc3)CC2)cnn1Cc1ccccc1. The van der Waals surface area contributed by atoms with E-state index in [2.05, 4.69) is 19.5 Å². The largest absolute Gasteiger partial charge is 0.369 e. The third-order valence-corrected chi connectivity index (χ3v) is 5.25. The van der Waals surface area contributed by atoms with E-state index in [-0.39, 0.29) is 10.6 Å². The number of benzene rings is 1. The van der Waals surface area contributed by atoms with E-state index < -0.39 is 0 Å². The molecule has 0 bridgehead atoms. The Labute approximate surface area is 156 Å². The van der Waals surface area contributed by atoms with Gasteiger partial charge in [-0.1, -0.05) is 41.9 Å². The topological polar surface area (TPSA) is 56.0 Å². The van der Waals surface area contributed by atoms with Crippen molar-refractivity contribution in [2.45, 2.75) is 25.4 Å². The van der Waals surface area contributed by atoms with Crippen LogP contribution >= 0.6 is 11.6 Å². The third kappa shape index (κ3) is 3.37. The van der Waals surface area contributed by atoms with Gasteiger partial charge in [-0.15, -0.1) is 0 Å². The zero-order chi connectivity index (χ0) is 17.9. The molecular formula is C19H20ClN5O. The Bertz CT molecular complexity index is 915. The number of rotatable bonds is 4. The van der Waals surface area contributed by atoms with Crippen molar-refractivity contribution in [3.63, 3.8) is 0 Å². The monoisotopic (exact) mass is 369 g/mol. The summed E-state index contributed by atoms with van der Waals surface area (Å²) in [5.74, 6) is 0. The van der Waals surface area contributed by atoms with Gasteiger partial charge in [-0.3, -0.25) is 4.79 Å². The molecule has 26 heavy (non-hydrogen) atoms. The molecule has 3 heterocycles. The van der Waals surface area contributed by atoms with Gasteiger partial charge in [0, 0.05) is 31.5 Å². The van der Waals surface area contributed by atoms with Crippen LogP contribution in [0.5, 0.6) is 0 Å². The Balaban J connectivity index is 1.50. The average molecular weight is 370 g/mol. The lowest BCUT2D eigenvalue weighted by Gasteiger charge is -2.34. The van der Waals surface area contributed by atoms with Crippen LogP contribution in [0.25, 0.3) is 0 Å². The minimum Gasteiger partial charge on any atom is -0.369 e. The molecule has 0 N–H and O–H groups in total. The van der Waals surface area contributed by atoms with Crippen LogP contribution in [-0.2, 0) is 6.54 Å². The molecule has 0 radical (unpaired) electrons. The van der Waals surface area contributed by atoms with Crippen molar-refractivity contribution in [3.05, 3.63) is 76.2 Å². The van der Waals surface area contributed by atoms with Gasteiger partial charge in [0.2, 0.25) is 0 Å². The van der Waals surface area contributed by atoms with Crippen LogP contribution in [0.4, 0.5) is 5.69 Å². The second kappa shape index (κ2) is 7.33. The Morgan fingerprint density at radius 2 is 1.92 bits per heavy atom. The van der Waals surface area contributed by atoms with E-state index in [9.17, 15) is 4.79 Å². The van der Waals surface area contributed by atoms with Crippen LogP contribution in [0.15, 0.2) is 60.0 Å². The van der Waals surface area contributed by atoms with Crippen LogP contribution in [-0.4, -0.2) is 32.4 Å². The summed E-state index contributed by atoms with van der Waals surface area (Å²) >= 11 is 6.40. The van der Waals surface area contributed by atoms with Gasteiger partial charge in [-0.2, -0.15) is 5.10 Å². The molecule has 0 aliphatic carbocycles. The predicted octanol–water partition coefficient (Wildman–Crippen LogP) is 2.98. The lowest BCUT2D eigenvalue weighted by molar-refractivity contribution is 0.395. The molecule has 0 atom stereocenters. The Kier molecular flexibility index (Phi) is 4.75. The van der Waals surface area contributed by atoms with Gasteiger partial charge in [-0.05, 0) is 18.4 Å². The molecule has 0 unspecified atom stereocenters. The highest BCUT2D eigenvalue weighted by atomic mass is 35.5. The molecule has 3 aromatic rings. The predicted molar refractivity (Wildman–Crippen MR) is 102 cm³/mol. The first-order valence-electron chi connectivity index (χ1n) is 8.74. The fourth-order valence-electron chi connectivity index (χ4n) is 3.44. The van der Waals surface area contributed by atoms with Gasteiger partial charge in [0.1, 0.15) is 5.02 Å². The highest BCUT2D eigenvalue weighted by Gasteiger charge is 2.23. The molecule has 1 aromatic carbocycles. The first-order valence-corrected chi connectivity index (χ1v) is 9.12. The highest BCUT2D eigenvalue weighted by Crippen LogP contribution is 2.28. The maximum absolute atomic E-state index is 12.6. The van der Waals surface area contributed by atoms with Crippen molar-refractivity contribution in [2.24, 2.45) is 0 Å². The van der Waals surface area contributed by atoms with Crippen molar-refractivity contribution in [3.8, 4) is 0 Å². The van der Waals surface area contributed by atoms with E-state index in [0.29, 0.717) is 12.6 Å². The molecule has 0 spiro atoms. The highest BCUT2D eigenvalue weighted by molar-refractivity contribution is 6.33.